The molecule has 0 spiro atoms. The molecule has 0 bridgehead atoms. The molecule has 6 rings (SSSR count). The summed E-state index contributed by atoms with van der Waals surface area (Å²) in [6.45, 7) is 1.75. The molecular weight excluding hydrogens is 1320 g/mol. The standard InChI is InChI=1S/C14H15NO3.C12H15NO5.C12H15NO4.C11H14ClNO3.C10H11F2NO3.5ClH/c1-18-14(17)13(15)7-9-2-3-11-8-12(16)5-4-10(11)6-9;1-17-11(15)8-5-7(3-4-10(8)14)6-9(13)12(16)18-2;1-16-11(14)9-5-3-4-8(6-9)7-10(13)12(15)17-2;1-6-3-7(4-8(12)10(6)14)5-9(13)11(15)16-2;1-16-10(15)8(13)4-5-2-6(11)9(14)7(12)3-5;;;;;/h2-6,8,13,16H,7,15H2,1H3;3-5,9,14H,6,13H2,1-2H3;3-6,10H,7,13H2,1-2H3;3-4,9,14H,5,13H2,1-2H3;2-3,8,14H,4,13H2,1H3;5*1H. The lowest BCUT2D eigenvalue weighted by Crippen LogP contribution is -3.00. The van der Waals surface area contributed by atoms with Gasteiger partial charge in [0.2, 0.25) is 0 Å². The van der Waals surface area contributed by atoms with Gasteiger partial charge in [-0.3, -0.25) is 0 Å². The molecule has 0 radical (unpaired) electrons. The van der Waals surface area contributed by atoms with Gasteiger partial charge in [-0.25, -0.2) is 42.3 Å². The average Bonchev–Trinajstić information content (AvgIpc) is 3.25. The second kappa shape index (κ2) is 44.8. The van der Waals surface area contributed by atoms with E-state index in [1.165, 1.54) is 61.9 Å². The average molecular weight is 1390 g/mol. The van der Waals surface area contributed by atoms with Crippen molar-refractivity contribution >= 4 is 64.2 Å². The minimum Gasteiger partial charge on any atom is -1.00 e. The van der Waals surface area contributed by atoms with Gasteiger partial charge in [-0.05, 0) is 106 Å². The minimum absolute atomic E-state index is 0. The van der Waals surface area contributed by atoms with Crippen LogP contribution in [0.3, 0.4) is 0 Å². The second-order valence-corrected chi connectivity index (χ2v) is 19.1. The van der Waals surface area contributed by atoms with Gasteiger partial charge >= 0.3 is 41.8 Å². The van der Waals surface area contributed by atoms with Crippen molar-refractivity contribution < 1.29 is 187 Å². The molecule has 0 saturated heterocycles. The van der Waals surface area contributed by atoms with E-state index in [2.05, 4.69) is 61.8 Å². The quantitative estimate of drug-likeness (QED) is 0.0302. The number of esters is 7. The number of halogens is 8. The Balaban J connectivity index is -0.000000507. The molecule has 19 N–H and O–H groups in total. The van der Waals surface area contributed by atoms with Crippen LogP contribution in [0.25, 0.3) is 10.8 Å². The number of hydrogen-bond donors (Lipinski definition) is 9. The minimum atomic E-state index is -1.06. The molecule has 0 aliphatic rings. The maximum absolute atomic E-state index is 12.9. The number of ether oxygens (including phenoxy) is 7. The molecule has 0 amide bonds. The first-order chi connectivity index (χ1) is 40.1. The smallest absolute Gasteiger partial charge is 0.364 e. The van der Waals surface area contributed by atoms with Crippen molar-refractivity contribution in [3.05, 3.63) is 164 Å². The van der Waals surface area contributed by atoms with Crippen LogP contribution in [-0.4, -0.2) is 142 Å². The fourth-order valence-electron chi connectivity index (χ4n) is 7.67. The number of fused-ring (bicyclic) bond motifs is 1. The Morgan fingerprint density at radius 2 is 0.789 bits per heavy atom. The van der Waals surface area contributed by atoms with E-state index in [9.17, 15) is 57.7 Å². The fourth-order valence-corrected chi connectivity index (χ4v) is 7.96. The summed E-state index contributed by atoms with van der Waals surface area (Å²) in [4.78, 5) is 78.7. The molecule has 0 aromatic heterocycles. The SMILES string of the molecule is COC(=O)C([NH3+])Cc1cc(C)c(O)c(Cl)c1.COC(=O)C([NH3+])Cc1cc(F)c(O)c(F)c1.COC(=O)C([NH3+])Cc1ccc2cc(O)ccc2c1.COC(=O)c1cc(CC([NH3+])C(=O)OC)ccc1O.COC(=O)c1cccc(CC([NH3+])C(=O)OC)c1.[Cl-].[Cl-].[Cl-].[Cl-].[Cl-]. The van der Waals surface area contributed by atoms with Crippen LogP contribution in [0, 0.1) is 18.6 Å². The molecule has 6 aromatic rings. The van der Waals surface area contributed by atoms with Crippen molar-refractivity contribution in [3.63, 3.8) is 0 Å². The third-order valence-corrected chi connectivity index (χ3v) is 12.5. The first kappa shape index (κ1) is 88.9. The van der Waals surface area contributed by atoms with Crippen molar-refractivity contribution in [3.8, 4) is 23.0 Å². The van der Waals surface area contributed by atoms with E-state index in [0.717, 1.165) is 39.6 Å². The normalized spacial score (nSPS) is 11.4. The maximum atomic E-state index is 12.9. The second-order valence-electron chi connectivity index (χ2n) is 18.7. The molecule has 0 aliphatic heterocycles. The first-order valence-corrected chi connectivity index (χ1v) is 25.9. The molecule has 0 heterocycles. The number of quaternary nitrogens is 5. The molecule has 0 fully saturated rings. The van der Waals surface area contributed by atoms with Crippen molar-refractivity contribution in [2.45, 2.75) is 69.2 Å². The lowest BCUT2D eigenvalue weighted by Gasteiger charge is -2.09. The number of aromatic hydroxyl groups is 4. The van der Waals surface area contributed by atoms with Crippen LogP contribution in [0.4, 0.5) is 8.78 Å². The zero-order valence-corrected chi connectivity index (χ0v) is 54.8. The highest BCUT2D eigenvalue weighted by Crippen LogP contribution is 2.29. The number of carbonyl (C=O) groups is 7. The summed E-state index contributed by atoms with van der Waals surface area (Å²) in [5.41, 5.74) is 23.2. The van der Waals surface area contributed by atoms with Gasteiger partial charge in [0, 0.05) is 32.1 Å². The third kappa shape index (κ3) is 29.4. The highest BCUT2D eigenvalue weighted by molar-refractivity contribution is 6.32. The van der Waals surface area contributed by atoms with Crippen LogP contribution in [0.15, 0.2) is 103 Å². The van der Waals surface area contributed by atoms with E-state index >= 15 is 0 Å². The van der Waals surface area contributed by atoms with Crippen LogP contribution in [0.5, 0.6) is 23.0 Å². The van der Waals surface area contributed by atoms with Gasteiger partial charge in [-0.15, -0.1) is 0 Å². The summed E-state index contributed by atoms with van der Waals surface area (Å²) < 4.78 is 57.9. The van der Waals surface area contributed by atoms with Crippen LogP contribution in [-0.2, 0) is 89.2 Å². The molecule has 0 aliphatic carbocycles. The van der Waals surface area contributed by atoms with Gasteiger partial charge in [0.1, 0.15) is 22.8 Å². The Hall–Kier alpha value is -7.53. The van der Waals surface area contributed by atoms with E-state index < -0.39 is 71.5 Å². The summed E-state index contributed by atoms with van der Waals surface area (Å²) in [6.07, 6.45) is 1.77. The summed E-state index contributed by atoms with van der Waals surface area (Å²) >= 11 is 5.83. The van der Waals surface area contributed by atoms with Gasteiger partial charge in [-0.1, -0.05) is 60.1 Å². The van der Waals surface area contributed by atoms with Gasteiger partial charge in [0.05, 0.1) is 60.4 Å². The number of hydrogen-bond acceptors (Lipinski definition) is 18. The third-order valence-electron chi connectivity index (χ3n) is 12.2. The molecular formula is C59H75Cl6F2N5O18. The predicted molar refractivity (Wildman–Crippen MR) is 301 cm³/mol. The van der Waals surface area contributed by atoms with Crippen LogP contribution in [0.1, 0.15) is 54.1 Å². The lowest BCUT2D eigenvalue weighted by atomic mass is 10.0. The van der Waals surface area contributed by atoms with Crippen molar-refractivity contribution in [1.82, 2.24) is 0 Å². The highest BCUT2D eigenvalue weighted by Gasteiger charge is 2.24. The van der Waals surface area contributed by atoms with E-state index in [1.54, 1.807) is 55.5 Å². The first-order valence-electron chi connectivity index (χ1n) is 25.6. The Kier molecular flexibility index (Phi) is 44.3. The Bertz CT molecular complexity index is 3160. The predicted octanol–water partition coefficient (Wildman–Crippen LogP) is -14.1. The number of phenolic OH excluding ortho intramolecular Hbond substituents is 4. The summed E-state index contributed by atoms with van der Waals surface area (Å²) in [6, 6.07) is 25.1. The van der Waals surface area contributed by atoms with E-state index in [1.807, 2.05) is 30.3 Å². The van der Waals surface area contributed by atoms with Crippen molar-refractivity contribution in [2.75, 3.05) is 49.8 Å². The zero-order chi connectivity index (χ0) is 64.2. The van der Waals surface area contributed by atoms with Gasteiger partial charge in [-0.2, -0.15) is 0 Å². The number of benzene rings is 6. The van der Waals surface area contributed by atoms with Gasteiger partial charge < -0.3 is 144 Å². The highest BCUT2D eigenvalue weighted by atomic mass is 35.5. The van der Waals surface area contributed by atoms with Gasteiger partial charge in [0.15, 0.2) is 47.6 Å². The van der Waals surface area contributed by atoms with Crippen molar-refractivity contribution in [1.29, 1.82) is 0 Å². The summed E-state index contributed by atoms with van der Waals surface area (Å²) in [5, 5.41) is 39.5. The number of phenols is 4. The molecule has 0 saturated carbocycles. The largest absolute Gasteiger partial charge is 1.00 e. The Morgan fingerprint density at radius 3 is 1.20 bits per heavy atom. The van der Waals surface area contributed by atoms with E-state index in [4.69, 9.17) is 16.7 Å². The number of rotatable bonds is 17. The molecule has 6 aromatic carbocycles. The van der Waals surface area contributed by atoms with Crippen LogP contribution in [0.2, 0.25) is 5.02 Å². The van der Waals surface area contributed by atoms with E-state index in [0.29, 0.717) is 42.4 Å². The topological polar surface area (TPSA) is 403 Å². The monoisotopic (exact) mass is 1390 g/mol. The fraction of sp³-hybridized carbons (Fsp3) is 0.305. The lowest BCUT2D eigenvalue weighted by molar-refractivity contribution is -0.407. The van der Waals surface area contributed by atoms with E-state index in [-0.39, 0.29) is 120 Å². The number of carbonyl (C=O) groups excluding carboxylic acids is 7. The van der Waals surface area contributed by atoms with Crippen LogP contribution < -0.4 is 90.7 Å². The molecule has 500 valence electrons. The molecule has 31 heteroatoms. The van der Waals surface area contributed by atoms with Crippen molar-refractivity contribution in [2.24, 2.45) is 0 Å². The summed E-state index contributed by atoms with van der Waals surface area (Å²) in [7, 11) is 9.07. The Morgan fingerprint density at radius 1 is 0.422 bits per heavy atom. The summed E-state index contributed by atoms with van der Waals surface area (Å²) in [5.74, 6) is -6.04. The van der Waals surface area contributed by atoms with Crippen LogP contribution >= 0.6 is 11.6 Å². The molecule has 5 atom stereocenters. The molecule has 23 nitrogen and oxygen atoms in total. The molecule has 5 unspecified atom stereocenters. The number of methoxy groups -OCH3 is 7. The Labute approximate surface area is 554 Å². The molecule has 90 heavy (non-hydrogen) atoms. The zero-order valence-electron chi connectivity index (χ0n) is 50.3. The van der Waals surface area contributed by atoms with Gasteiger partial charge in [0.25, 0.3) is 0 Å². The number of aryl methyl sites for hydroxylation is 1. The maximum Gasteiger partial charge on any atom is 0.364 e.